The fourth-order valence-electron chi connectivity index (χ4n) is 2.89. The quantitative estimate of drug-likeness (QED) is 0.517. The van der Waals surface area contributed by atoms with Crippen LogP contribution in [0.5, 0.6) is 5.88 Å². The molecule has 138 valence electrons. The van der Waals surface area contributed by atoms with Gasteiger partial charge in [0.25, 0.3) is 5.56 Å². The number of fused-ring (bicyclic) bond motifs is 1. The first kappa shape index (κ1) is 17.6. The molecule has 0 aliphatic heterocycles. The Hall–Kier alpha value is -3.78. The molecule has 2 aromatic heterocycles. The van der Waals surface area contributed by atoms with Crippen LogP contribution in [0.3, 0.4) is 0 Å². The third-order valence-electron chi connectivity index (χ3n) is 4.18. The van der Waals surface area contributed by atoms with Gasteiger partial charge in [-0.05, 0) is 18.2 Å². The number of hydrogen-bond donors (Lipinski definition) is 2. The van der Waals surface area contributed by atoms with E-state index in [2.05, 4.69) is 9.98 Å². The number of aromatic carboxylic acids is 1. The molecule has 0 bridgehead atoms. The summed E-state index contributed by atoms with van der Waals surface area (Å²) in [4.78, 5) is 32.6. The van der Waals surface area contributed by atoms with Gasteiger partial charge in [-0.2, -0.15) is 0 Å². The van der Waals surface area contributed by atoms with E-state index in [0.717, 1.165) is 4.57 Å². The van der Waals surface area contributed by atoms with Gasteiger partial charge in [0.2, 0.25) is 5.88 Å². The van der Waals surface area contributed by atoms with E-state index in [9.17, 15) is 19.8 Å². The van der Waals surface area contributed by atoms with Gasteiger partial charge < -0.3 is 10.2 Å². The number of carboxylic acids is 1. The van der Waals surface area contributed by atoms with Crippen LogP contribution in [0.2, 0.25) is 0 Å². The second kappa shape index (κ2) is 7.09. The summed E-state index contributed by atoms with van der Waals surface area (Å²) in [6, 6.07) is 13.1. The summed E-state index contributed by atoms with van der Waals surface area (Å²) in [5, 5.41) is 23.1. The van der Waals surface area contributed by atoms with Crippen molar-refractivity contribution in [1.29, 1.82) is 0 Å². The van der Waals surface area contributed by atoms with Crippen molar-refractivity contribution in [2.45, 2.75) is 0 Å². The first-order chi connectivity index (χ1) is 13.6. The zero-order valence-electron chi connectivity index (χ0n) is 14.3. The van der Waals surface area contributed by atoms with Gasteiger partial charge in [-0.15, -0.1) is 11.3 Å². The third kappa shape index (κ3) is 2.95. The van der Waals surface area contributed by atoms with E-state index in [1.54, 1.807) is 47.8 Å². The van der Waals surface area contributed by atoms with E-state index < -0.39 is 11.5 Å². The van der Waals surface area contributed by atoms with Gasteiger partial charge in [0.05, 0.1) is 16.8 Å². The Morgan fingerprint density at radius 1 is 1.11 bits per heavy atom. The van der Waals surface area contributed by atoms with Crippen LogP contribution in [0.25, 0.3) is 15.9 Å². The second-order valence-corrected chi connectivity index (χ2v) is 6.69. The number of aromatic hydroxyl groups is 1. The van der Waals surface area contributed by atoms with Crippen LogP contribution in [0, 0.1) is 0 Å². The van der Waals surface area contributed by atoms with Gasteiger partial charge in [-0.1, -0.05) is 30.3 Å². The topological polar surface area (TPSA) is 105 Å². The molecular formula is C20H13N3O4S. The minimum Gasteiger partial charge on any atom is -0.494 e. The average Bonchev–Trinajstić information content (AvgIpc) is 3.22. The van der Waals surface area contributed by atoms with Crippen molar-refractivity contribution in [1.82, 2.24) is 9.55 Å². The van der Waals surface area contributed by atoms with Crippen LogP contribution >= 0.6 is 11.3 Å². The number of para-hydroxylation sites is 1. The highest BCUT2D eigenvalue weighted by Crippen LogP contribution is 2.27. The second-order valence-electron chi connectivity index (χ2n) is 5.82. The standard InChI is InChI=1S/C20H13N3O4S/c24-17-13-6-2-1-5-12(13)15(18(25)23(17)20-21-9-10-28-20)11-22-16-8-4-3-7-14(16)19(26)27/h1-11,25H,(H,26,27). The van der Waals surface area contributed by atoms with E-state index in [0.29, 0.717) is 21.5 Å². The van der Waals surface area contributed by atoms with Gasteiger partial charge in [-0.25, -0.2) is 14.3 Å². The molecule has 0 amide bonds. The number of thiazole rings is 1. The highest BCUT2D eigenvalue weighted by Gasteiger charge is 2.17. The van der Waals surface area contributed by atoms with Crippen molar-refractivity contribution in [3.8, 4) is 11.0 Å². The molecule has 0 spiro atoms. The molecule has 2 heterocycles. The predicted molar refractivity (Wildman–Crippen MR) is 108 cm³/mol. The highest BCUT2D eigenvalue weighted by atomic mass is 32.1. The molecule has 7 nitrogen and oxygen atoms in total. The van der Waals surface area contributed by atoms with Crippen molar-refractivity contribution in [2.75, 3.05) is 0 Å². The van der Waals surface area contributed by atoms with Gasteiger partial charge in [0.15, 0.2) is 5.13 Å². The lowest BCUT2D eigenvalue weighted by Gasteiger charge is -2.11. The lowest BCUT2D eigenvalue weighted by Crippen LogP contribution is -2.19. The van der Waals surface area contributed by atoms with Crippen LogP contribution in [-0.2, 0) is 0 Å². The molecule has 0 aliphatic rings. The number of carboxylic acid groups (broad SMARTS) is 1. The fraction of sp³-hybridized carbons (Fsp3) is 0. The summed E-state index contributed by atoms with van der Waals surface area (Å²) in [7, 11) is 0. The lowest BCUT2D eigenvalue weighted by molar-refractivity contribution is 0.0698. The van der Waals surface area contributed by atoms with Gasteiger partial charge in [0, 0.05) is 28.6 Å². The number of rotatable bonds is 4. The minimum atomic E-state index is -1.10. The van der Waals surface area contributed by atoms with Crippen LogP contribution in [0.1, 0.15) is 15.9 Å². The molecule has 0 saturated heterocycles. The molecule has 0 saturated carbocycles. The highest BCUT2D eigenvalue weighted by molar-refractivity contribution is 7.12. The van der Waals surface area contributed by atoms with Gasteiger partial charge in [-0.3, -0.25) is 9.79 Å². The number of carbonyl (C=O) groups is 1. The van der Waals surface area contributed by atoms with Crippen LogP contribution in [-0.4, -0.2) is 31.9 Å². The maximum Gasteiger partial charge on any atom is 0.337 e. The molecule has 0 fully saturated rings. The first-order valence-corrected chi connectivity index (χ1v) is 9.09. The molecule has 2 N–H and O–H groups in total. The summed E-state index contributed by atoms with van der Waals surface area (Å²) in [6.45, 7) is 0. The maximum atomic E-state index is 12.9. The Labute approximate surface area is 162 Å². The van der Waals surface area contributed by atoms with E-state index in [4.69, 9.17) is 0 Å². The minimum absolute atomic E-state index is 0.0378. The van der Waals surface area contributed by atoms with Gasteiger partial charge >= 0.3 is 5.97 Å². The molecule has 0 atom stereocenters. The average molecular weight is 391 g/mol. The number of benzene rings is 2. The smallest absolute Gasteiger partial charge is 0.337 e. The van der Waals surface area contributed by atoms with Crippen molar-refractivity contribution in [3.63, 3.8) is 0 Å². The van der Waals surface area contributed by atoms with Crippen molar-refractivity contribution in [2.24, 2.45) is 4.99 Å². The van der Waals surface area contributed by atoms with E-state index >= 15 is 0 Å². The molecule has 8 heteroatoms. The first-order valence-electron chi connectivity index (χ1n) is 8.21. The van der Waals surface area contributed by atoms with Crippen LogP contribution in [0.4, 0.5) is 5.69 Å². The number of hydrogen-bond acceptors (Lipinski definition) is 6. The summed E-state index contributed by atoms with van der Waals surface area (Å²) in [6.07, 6.45) is 2.90. The Morgan fingerprint density at radius 2 is 1.82 bits per heavy atom. The molecule has 0 unspecified atom stereocenters. The molecule has 4 rings (SSSR count). The Kier molecular flexibility index (Phi) is 4.46. The van der Waals surface area contributed by atoms with Gasteiger partial charge in [0.1, 0.15) is 0 Å². The number of aliphatic imine (C=N–C) groups is 1. The monoisotopic (exact) mass is 391 g/mol. The normalized spacial score (nSPS) is 11.3. The molecule has 4 aromatic rings. The molecular weight excluding hydrogens is 378 g/mol. The summed E-state index contributed by atoms with van der Waals surface area (Å²) in [5.41, 5.74) is 0.179. The van der Waals surface area contributed by atoms with E-state index in [1.807, 2.05) is 0 Å². The SMILES string of the molecule is O=C(O)c1ccccc1N=Cc1c(O)n(-c2nccs2)c(=O)c2ccccc12. The number of pyridine rings is 1. The van der Waals surface area contributed by atoms with Crippen molar-refractivity contribution < 1.29 is 15.0 Å². The molecule has 28 heavy (non-hydrogen) atoms. The maximum absolute atomic E-state index is 12.9. The molecule has 0 radical (unpaired) electrons. The zero-order valence-corrected chi connectivity index (χ0v) is 15.1. The predicted octanol–water partition coefficient (Wildman–Crippen LogP) is 3.60. The van der Waals surface area contributed by atoms with Crippen LogP contribution in [0.15, 0.2) is 69.9 Å². The summed E-state index contributed by atoms with van der Waals surface area (Å²) < 4.78 is 1.12. The largest absolute Gasteiger partial charge is 0.494 e. The Bertz CT molecular complexity index is 1280. The lowest BCUT2D eigenvalue weighted by atomic mass is 10.1. The number of nitrogens with zero attached hydrogens (tertiary/aromatic N) is 3. The third-order valence-corrected chi connectivity index (χ3v) is 4.94. The number of aromatic nitrogens is 2. The Balaban J connectivity index is 1.98. The molecule has 0 aliphatic carbocycles. The Morgan fingerprint density at radius 3 is 2.54 bits per heavy atom. The fourth-order valence-corrected chi connectivity index (χ4v) is 3.53. The van der Waals surface area contributed by atoms with Crippen molar-refractivity contribution in [3.05, 3.63) is 81.6 Å². The van der Waals surface area contributed by atoms with E-state index in [1.165, 1.54) is 29.8 Å². The zero-order chi connectivity index (χ0) is 19.7. The van der Waals surface area contributed by atoms with Crippen molar-refractivity contribution >= 4 is 40.0 Å². The van der Waals surface area contributed by atoms with Crippen LogP contribution < -0.4 is 5.56 Å². The van der Waals surface area contributed by atoms with E-state index in [-0.39, 0.29) is 17.1 Å². The molecule has 2 aromatic carbocycles. The summed E-state index contributed by atoms with van der Waals surface area (Å²) in [5.74, 6) is -1.41. The summed E-state index contributed by atoms with van der Waals surface area (Å²) >= 11 is 1.21.